The fourth-order valence-electron chi connectivity index (χ4n) is 4.12. The maximum atomic E-state index is 13.5. The topological polar surface area (TPSA) is 102 Å². The zero-order valence-electron chi connectivity index (χ0n) is 21.4. The van der Waals surface area contributed by atoms with Crippen LogP contribution in [0.4, 0.5) is 17.1 Å². The molecule has 35 heavy (non-hydrogen) atoms. The van der Waals surface area contributed by atoms with Gasteiger partial charge in [0.25, 0.3) is 5.91 Å². The van der Waals surface area contributed by atoms with Gasteiger partial charge in [0.15, 0.2) is 0 Å². The van der Waals surface area contributed by atoms with Crippen LogP contribution in [0.25, 0.3) is 0 Å². The number of aromatic hydroxyl groups is 3. The summed E-state index contributed by atoms with van der Waals surface area (Å²) < 4.78 is 5.80. The molecule has 0 fully saturated rings. The lowest BCUT2D eigenvalue weighted by molar-refractivity contribution is -0.000969. The number of nitrogens with one attached hydrogen (secondary N) is 1. The Balaban J connectivity index is 1.68. The minimum atomic E-state index is -0.297. The number of carbonyl (C=O) groups excluding carboxylic acids is 1. The highest BCUT2D eigenvalue weighted by Gasteiger charge is 2.30. The first-order valence-electron chi connectivity index (χ1n) is 12.2. The number of amides is 1. The summed E-state index contributed by atoms with van der Waals surface area (Å²) in [4.78, 5) is 15.0. The van der Waals surface area contributed by atoms with Gasteiger partial charge in [-0.25, -0.2) is 0 Å². The van der Waals surface area contributed by atoms with Crippen molar-refractivity contribution in [3.05, 3.63) is 47.5 Å². The Hall–Kier alpha value is -3.19. The van der Waals surface area contributed by atoms with Crippen LogP contribution in [0, 0.1) is 5.92 Å². The van der Waals surface area contributed by atoms with Crippen LogP contribution in [0.15, 0.2) is 42.0 Å². The third kappa shape index (κ3) is 6.92. The van der Waals surface area contributed by atoms with E-state index in [4.69, 9.17) is 4.74 Å². The number of para-hydroxylation sites is 1. The van der Waals surface area contributed by atoms with E-state index in [1.165, 1.54) is 23.8 Å². The molecule has 0 saturated carbocycles. The van der Waals surface area contributed by atoms with Crippen LogP contribution in [0.5, 0.6) is 17.2 Å². The van der Waals surface area contributed by atoms with Crippen LogP contribution in [-0.2, 0) is 4.74 Å². The summed E-state index contributed by atoms with van der Waals surface area (Å²) in [7, 11) is 0. The number of rotatable bonds is 9. The van der Waals surface area contributed by atoms with Crippen LogP contribution < -0.4 is 10.2 Å². The van der Waals surface area contributed by atoms with E-state index in [1.54, 1.807) is 17.0 Å². The molecule has 1 aliphatic heterocycles. The molecular formula is C28H38N2O5. The molecule has 2 aromatic carbocycles. The summed E-state index contributed by atoms with van der Waals surface area (Å²) in [5.41, 5.74) is 2.40. The summed E-state index contributed by atoms with van der Waals surface area (Å²) in [6.45, 7) is 11.6. The van der Waals surface area contributed by atoms with Gasteiger partial charge in [0.2, 0.25) is 0 Å². The van der Waals surface area contributed by atoms with E-state index < -0.39 is 0 Å². The first kappa shape index (κ1) is 26.4. The molecule has 0 bridgehead atoms. The Bertz CT molecular complexity index is 1090. The van der Waals surface area contributed by atoms with E-state index in [0.29, 0.717) is 30.3 Å². The van der Waals surface area contributed by atoms with Crippen molar-refractivity contribution < 1.29 is 24.9 Å². The van der Waals surface area contributed by atoms with Gasteiger partial charge in [-0.3, -0.25) is 4.79 Å². The lowest BCUT2D eigenvalue weighted by Crippen LogP contribution is -2.32. The van der Waals surface area contributed by atoms with Gasteiger partial charge in [-0.1, -0.05) is 24.6 Å². The highest BCUT2D eigenvalue weighted by molar-refractivity contribution is 6.15. The average molecular weight is 483 g/mol. The predicted octanol–water partition coefficient (Wildman–Crippen LogP) is 6.47. The number of nitrogens with zero attached hydrogens (tertiary/aromatic N) is 1. The van der Waals surface area contributed by atoms with Gasteiger partial charge in [-0.05, 0) is 71.4 Å². The number of allylic oxidation sites excluding steroid dienone is 1. The molecule has 0 radical (unpaired) electrons. The van der Waals surface area contributed by atoms with Gasteiger partial charge in [-0.2, -0.15) is 0 Å². The first-order chi connectivity index (χ1) is 16.5. The van der Waals surface area contributed by atoms with Gasteiger partial charge >= 0.3 is 0 Å². The monoisotopic (exact) mass is 482 g/mol. The number of phenols is 3. The lowest BCUT2D eigenvalue weighted by atomic mass is 9.99. The second kappa shape index (κ2) is 11.0. The van der Waals surface area contributed by atoms with Gasteiger partial charge in [0, 0.05) is 18.7 Å². The number of hydrogen-bond donors (Lipinski definition) is 4. The van der Waals surface area contributed by atoms with E-state index in [1.807, 2.05) is 0 Å². The summed E-state index contributed by atoms with van der Waals surface area (Å²) in [6, 6.07) is 7.41. The molecule has 0 saturated heterocycles. The molecule has 1 heterocycles. The van der Waals surface area contributed by atoms with Crippen LogP contribution in [-0.4, -0.2) is 40.0 Å². The van der Waals surface area contributed by atoms with Crippen molar-refractivity contribution in [3.8, 4) is 17.2 Å². The SMILES string of the molecule is C/C(=C\CCC(C)CCN1C(=O)c2cccc(O)c2Nc2c(O)cc(O)cc21)CCOC(C)(C)C. The zero-order valence-corrected chi connectivity index (χ0v) is 21.4. The largest absolute Gasteiger partial charge is 0.508 e. The van der Waals surface area contributed by atoms with E-state index >= 15 is 0 Å². The molecule has 2 aromatic rings. The molecule has 1 unspecified atom stereocenters. The maximum absolute atomic E-state index is 13.5. The third-order valence-electron chi connectivity index (χ3n) is 6.17. The fourth-order valence-corrected chi connectivity index (χ4v) is 4.12. The molecule has 1 amide bonds. The number of fused-ring (bicyclic) bond motifs is 2. The minimum absolute atomic E-state index is 0.0837. The summed E-state index contributed by atoms with van der Waals surface area (Å²) in [5.74, 6) is -0.362. The van der Waals surface area contributed by atoms with Crippen molar-refractivity contribution in [1.82, 2.24) is 0 Å². The van der Waals surface area contributed by atoms with Crippen molar-refractivity contribution in [1.29, 1.82) is 0 Å². The van der Waals surface area contributed by atoms with E-state index in [2.05, 4.69) is 46.0 Å². The van der Waals surface area contributed by atoms with Crippen molar-refractivity contribution >= 4 is 23.0 Å². The van der Waals surface area contributed by atoms with Gasteiger partial charge in [0.1, 0.15) is 22.9 Å². The number of ether oxygens (including phenoxy) is 1. The van der Waals surface area contributed by atoms with Crippen molar-refractivity contribution in [3.63, 3.8) is 0 Å². The van der Waals surface area contributed by atoms with Crippen LogP contribution in [0.2, 0.25) is 0 Å². The molecule has 7 heteroatoms. The number of carbonyl (C=O) groups is 1. The Morgan fingerprint density at radius 1 is 1.11 bits per heavy atom. The first-order valence-corrected chi connectivity index (χ1v) is 12.2. The Morgan fingerprint density at radius 2 is 1.86 bits per heavy atom. The molecule has 0 aliphatic carbocycles. The summed E-state index contributed by atoms with van der Waals surface area (Å²) in [6.07, 6.45) is 5.85. The van der Waals surface area contributed by atoms with Crippen LogP contribution in [0.1, 0.15) is 70.7 Å². The second-order valence-electron chi connectivity index (χ2n) is 10.4. The molecule has 3 rings (SSSR count). The van der Waals surface area contributed by atoms with Crippen LogP contribution >= 0.6 is 0 Å². The molecule has 0 spiro atoms. The Labute approximate surface area is 208 Å². The van der Waals surface area contributed by atoms with Crippen molar-refractivity contribution in [2.75, 3.05) is 23.4 Å². The summed E-state index contributed by atoms with van der Waals surface area (Å²) in [5, 5.41) is 33.9. The third-order valence-corrected chi connectivity index (χ3v) is 6.17. The quantitative estimate of drug-likeness (QED) is 0.186. The lowest BCUT2D eigenvalue weighted by Gasteiger charge is -2.25. The maximum Gasteiger partial charge on any atom is 0.260 e. The van der Waals surface area contributed by atoms with E-state index in [0.717, 1.165) is 25.7 Å². The highest BCUT2D eigenvalue weighted by Crippen LogP contribution is 2.45. The van der Waals surface area contributed by atoms with Gasteiger partial charge in [0.05, 0.1) is 29.1 Å². The number of hydrogen-bond acceptors (Lipinski definition) is 6. The van der Waals surface area contributed by atoms with E-state index in [-0.39, 0.29) is 40.1 Å². The summed E-state index contributed by atoms with van der Waals surface area (Å²) >= 11 is 0. The molecular weight excluding hydrogens is 444 g/mol. The van der Waals surface area contributed by atoms with Crippen molar-refractivity contribution in [2.24, 2.45) is 5.92 Å². The Morgan fingerprint density at radius 3 is 2.57 bits per heavy atom. The minimum Gasteiger partial charge on any atom is -0.508 e. The van der Waals surface area contributed by atoms with Gasteiger partial charge in [-0.15, -0.1) is 0 Å². The predicted molar refractivity (Wildman–Crippen MR) is 140 cm³/mol. The fraction of sp³-hybridized carbons (Fsp3) is 0.464. The molecule has 4 N–H and O–H groups in total. The zero-order chi connectivity index (χ0) is 25.8. The standard InChI is InChI=1S/C28H38N2O5/c1-18(8-6-9-19(2)13-15-35-28(3,4)5)12-14-30-22-16-20(31)17-24(33)26(22)29-25-21(27(30)34)10-7-11-23(25)32/h7,9-11,16-18,29,31-33H,6,8,12-15H2,1-5H3/b19-9+. The molecule has 1 atom stereocenters. The normalized spacial score (nSPS) is 14.7. The number of phenolic OH excluding ortho intramolecular Hbond substituents is 3. The van der Waals surface area contributed by atoms with Gasteiger partial charge < -0.3 is 30.3 Å². The molecule has 190 valence electrons. The smallest absolute Gasteiger partial charge is 0.260 e. The second-order valence-corrected chi connectivity index (χ2v) is 10.4. The average Bonchev–Trinajstić information content (AvgIpc) is 2.87. The molecule has 1 aliphatic rings. The van der Waals surface area contributed by atoms with Crippen molar-refractivity contribution in [2.45, 2.75) is 65.9 Å². The number of anilines is 3. The Kier molecular flexibility index (Phi) is 8.33. The highest BCUT2D eigenvalue weighted by atomic mass is 16.5. The van der Waals surface area contributed by atoms with E-state index in [9.17, 15) is 20.1 Å². The van der Waals surface area contributed by atoms with Crippen LogP contribution in [0.3, 0.4) is 0 Å². The molecule has 7 nitrogen and oxygen atoms in total. The molecule has 0 aromatic heterocycles. The number of benzene rings is 2.